The molecular weight excluding hydrogens is 171 g/mol. The molecule has 3 heteroatoms. The van der Waals surface area contributed by atoms with Crippen molar-refractivity contribution in [2.75, 3.05) is 6.61 Å². The van der Waals surface area contributed by atoms with Gasteiger partial charge in [0.05, 0.1) is 0 Å². The lowest BCUT2D eigenvalue weighted by atomic mass is 10.8. The van der Waals surface area contributed by atoms with Crippen LogP contribution in [0.5, 0.6) is 0 Å². The van der Waals surface area contributed by atoms with Gasteiger partial charge in [-0.3, -0.25) is 4.57 Å². The molecule has 0 unspecified atom stereocenters. The summed E-state index contributed by atoms with van der Waals surface area (Å²) in [5, 5.41) is 0. The van der Waals surface area contributed by atoms with E-state index in [1.807, 2.05) is 0 Å². The second-order valence-corrected chi connectivity index (χ2v) is 4.23. The number of rotatable bonds is 4. The molecule has 0 heterocycles. The second kappa shape index (κ2) is 5.83. The Morgan fingerprint density at radius 3 is 2.25 bits per heavy atom. The number of allylic oxidation sites excluding steroid dienone is 2. The van der Waals surface area contributed by atoms with Gasteiger partial charge in [-0.2, -0.15) is 0 Å². The van der Waals surface area contributed by atoms with E-state index in [1.165, 1.54) is 11.6 Å². The standard InChI is InChI=1S/C9H13O2P/c1-4-7-11-12(10,8-5-2)9-6-3/h1,5-6,8-9H,7H2,2-3H3/b8-5+,9-6+. The highest BCUT2D eigenvalue weighted by molar-refractivity contribution is 7.65. The van der Waals surface area contributed by atoms with Gasteiger partial charge in [-0.1, -0.05) is 18.1 Å². The third kappa shape index (κ3) is 4.18. The first kappa shape index (κ1) is 11.2. The van der Waals surface area contributed by atoms with Crippen molar-refractivity contribution in [2.24, 2.45) is 0 Å². The molecule has 0 aliphatic heterocycles. The largest absolute Gasteiger partial charge is 0.310 e. The van der Waals surface area contributed by atoms with Gasteiger partial charge in [0.2, 0.25) is 7.37 Å². The summed E-state index contributed by atoms with van der Waals surface area (Å²) in [6, 6.07) is 0. The van der Waals surface area contributed by atoms with E-state index in [1.54, 1.807) is 26.0 Å². The van der Waals surface area contributed by atoms with Crippen LogP contribution >= 0.6 is 7.37 Å². The molecule has 0 aromatic rings. The van der Waals surface area contributed by atoms with Gasteiger partial charge in [0.25, 0.3) is 0 Å². The lowest BCUT2D eigenvalue weighted by Crippen LogP contribution is -1.85. The molecule has 0 rings (SSSR count). The Morgan fingerprint density at radius 2 is 1.92 bits per heavy atom. The zero-order valence-electron chi connectivity index (χ0n) is 7.36. The second-order valence-electron chi connectivity index (χ2n) is 2.09. The zero-order valence-corrected chi connectivity index (χ0v) is 8.25. The van der Waals surface area contributed by atoms with Crippen LogP contribution in [0, 0.1) is 12.3 Å². The van der Waals surface area contributed by atoms with Crippen molar-refractivity contribution in [2.45, 2.75) is 13.8 Å². The quantitative estimate of drug-likeness (QED) is 0.496. The Hall–Kier alpha value is -0.770. The molecule has 0 bridgehead atoms. The van der Waals surface area contributed by atoms with Crippen LogP contribution in [0.25, 0.3) is 0 Å². The third-order valence-electron chi connectivity index (χ3n) is 1.06. The SMILES string of the molecule is C#CCOP(=O)(/C=C/C)/C=C/C. The van der Waals surface area contributed by atoms with Crippen molar-refractivity contribution in [3.63, 3.8) is 0 Å². The topological polar surface area (TPSA) is 26.3 Å². The van der Waals surface area contributed by atoms with Crippen molar-refractivity contribution >= 4 is 7.37 Å². The highest BCUT2D eigenvalue weighted by atomic mass is 31.2. The summed E-state index contributed by atoms with van der Waals surface area (Å²) in [5.74, 6) is 5.34. The molecule has 2 nitrogen and oxygen atoms in total. The Kier molecular flexibility index (Phi) is 5.45. The maximum Gasteiger partial charge on any atom is 0.247 e. The molecule has 0 atom stereocenters. The van der Waals surface area contributed by atoms with Crippen LogP contribution < -0.4 is 0 Å². The van der Waals surface area contributed by atoms with Gasteiger partial charge in [0.1, 0.15) is 6.61 Å². The first-order valence-corrected chi connectivity index (χ1v) is 5.40. The summed E-state index contributed by atoms with van der Waals surface area (Å²) in [5.41, 5.74) is 0. The Balaban J connectivity index is 4.42. The number of terminal acetylenes is 1. The van der Waals surface area contributed by atoms with Crippen molar-refractivity contribution < 1.29 is 9.09 Å². The highest BCUT2D eigenvalue weighted by Gasteiger charge is 2.12. The van der Waals surface area contributed by atoms with E-state index in [0.29, 0.717) is 0 Å². The predicted molar refractivity (Wildman–Crippen MR) is 52.0 cm³/mol. The first-order valence-electron chi connectivity index (χ1n) is 3.63. The van der Waals surface area contributed by atoms with E-state index >= 15 is 0 Å². The average molecular weight is 184 g/mol. The number of hydrogen-bond donors (Lipinski definition) is 0. The predicted octanol–water partition coefficient (Wildman–Crippen LogP) is 2.98. The minimum Gasteiger partial charge on any atom is -0.310 e. The highest BCUT2D eigenvalue weighted by Crippen LogP contribution is 2.49. The van der Waals surface area contributed by atoms with Gasteiger partial charge in [-0.05, 0) is 13.8 Å². The lowest BCUT2D eigenvalue weighted by molar-refractivity contribution is 0.373. The van der Waals surface area contributed by atoms with Crippen LogP contribution in [0.15, 0.2) is 23.8 Å². The molecular formula is C9H13O2P. The lowest BCUT2D eigenvalue weighted by Gasteiger charge is -2.06. The van der Waals surface area contributed by atoms with Crippen molar-refractivity contribution in [1.82, 2.24) is 0 Å². The van der Waals surface area contributed by atoms with Crippen molar-refractivity contribution in [3.8, 4) is 12.3 Å². The fourth-order valence-electron chi connectivity index (χ4n) is 0.689. The molecule has 0 spiro atoms. The van der Waals surface area contributed by atoms with E-state index < -0.39 is 7.37 Å². The van der Waals surface area contributed by atoms with E-state index in [9.17, 15) is 4.57 Å². The van der Waals surface area contributed by atoms with Crippen LogP contribution in [-0.2, 0) is 9.09 Å². The van der Waals surface area contributed by atoms with Crippen LogP contribution in [0.2, 0.25) is 0 Å². The van der Waals surface area contributed by atoms with Crippen LogP contribution in [0.1, 0.15) is 13.8 Å². The van der Waals surface area contributed by atoms with E-state index in [0.717, 1.165) is 0 Å². The fourth-order valence-corrected chi connectivity index (χ4v) is 2.07. The summed E-state index contributed by atoms with van der Waals surface area (Å²) in [7, 11) is -2.74. The average Bonchev–Trinajstić information content (AvgIpc) is 2.02. The summed E-state index contributed by atoms with van der Waals surface area (Å²) in [4.78, 5) is 0. The van der Waals surface area contributed by atoms with Gasteiger partial charge in [-0.25, -0.2) is 0 Å². The smallest absolute Gasteiger partial charge is 0.247 e. The van der Waals surface area contributed by atoms with Crippen LogP contribution in [-0.4, -0.2) is 6.61 Å². The molecule has 0 aliphatic rings. The van der Waals surface area contributed by atoms with Crippen molar-refractivity contribution in [3.05, 3.63) is 23.8 Å². The monoisotopic (exact) mass is 184 g/mol. The molecule has 0 radical (unpaired) electrons. The number of hydrogen-bond acceptors (Lipinski definition) is 2. The molecule has 0 fully saturated rings. The molecule has 0 N–H and O–H groups in total. The molecule has 0 amide bonds. The fraction of sp³-hybridized carbons (Fsp3) is 0.333. The maximum absolute atomic E-state index is 11.7. The molecule has 66 valence electrons. The van der Waals surface area contributed by atoms with Gasteiger partial charge in [-0.15, -0.1) is 6.42 Å². The Labute approximate surface area is 73.8 Å². The molecule has 0 aliphatic carbocycles. The molecule has 0 saturated carbocycles. The summed E-state index contributed by atoms with van der Waals surface area (Å²) >= 11 is 0. The Morgan fingerprint density at radius 1 is 1.42 bits per heavy atom. The molecule has 0 saturated heterocycles. The maximum atomic E-state index is 11.7. The zero-order chi connectivity index (χ0) is 9.45. The van der Waals surface area contributed by atoms with Gasteiger partial charge < -0.3 is 4.52 Å². The molecule has 0 aromatic carbocycles. The van der Waals surface area contributed by atoms with E-state index in [2.05, 4.69) is 5.92 Å². The van der Waals surface area contributed by atoms with Crippen molar-refractivity contribution in [1.29, 1.82) is 0 Å². The van der Waals surface area contributed by atoms with E-state index in [-0.39, 0.29) is 6.61 Å². The summed E-state index contributed by atoms with van der Waals surface area (Å²) in [6.45, 7) is 3.65. The summed E-state index contributed by atoms with van der Waals surface area (Å²) in [6.07, 6.45) is 8.37. The van der Waals surface area contributed by atoms with Crippen LogP contribution in [0.4, 0.5) is 0 Å². The normalized spacial score (nSPS) is 12.4. The molecule has 12 heavy (non-hydrogen) atoms. The Bertz CT molecular complexity index is 242. The van der Waals surface area contributed by atoms with Gasteiger partial charge in [0, 0.05) is 11.6 Å². The van der Waals surface area contributed by atoms with E-state index in [4.69, 9.17) is 10.9 Å². The van der Waals surface area contributed by atoms with Crippen LogP contribution in [0.3, 0.4) is 0 Å². The summed E-state index contributed by atoms with van der Waals surface area (Å²) < 4.78 is 16.7. The third-order valence-corrected chi connectivity index (χ3v) is 3.02. The van der Waals surface area contributed by atoms with Gasteiger partial charge >= 0.3 is 0 Å². The minimum atomic E-state index is -2.74. The molecule has 0 aromatic heterocycles. The minimum absolute atomic E-state index is 0.0754. The van der Waals surface area contributed by atoms with Gasteiger partial charge in [0.15, 0.2) is 0 Å². The first-order chi connectivity index (χ1) is 5.68.